The molecule has 0 radical (unpaired) electrons. The summed E-state index contributed by atoms with van der Waals surface area (Å²) in [4.78, 5) is 15.6. The second kappa shape index (κ2) is 5.73. The zero-order chi connectivity index (χ0) is 13.8. The fourth-order valence-corrected chi connectivity index (χ4v) is 2.25. The molecule has 0 saturated carbocycles. The van der Waals surface area contributed by atoms with Crippen molar-refractivity contribution < 1.29 is 9.53 Å². The molecule has 2 heterocycles. The van der Waals surface area contributed by atoms with E-state index < -0.39 is 0 Å². The van der Waals surface area contributed by atoms with Gasteiger partial charge in [-0.2, -0.15) is 5.10 Å². The van der Waals surface area contributed by atoms with Gasteiger partial charge in [-0.05, 0) is 11.6 Å². The lowest BCUT2D eigenvalue weighted by Gasteiger charge is -2.11. The fraction of sp³-hybridized carbons (Fsp3) is 0.357. The molecule has 104 valence electrons. The van der Waals surface area contributed by atoms with E-state index in [1.165, 1.54) is 11.9 Å². The van der Waals surface area contributed by atoms with Crippen LogP contribution in [-0.4, -0.2) is 33.3 Å². The highest BCUT2D eigenvalue weighted by Crippen LogP contribution is 2.27. The van der Waals surface area contributed by atoms with E-state index in [1.807, 2.05) is 18.2 Å². The van der Waals surface area contributed by atoms with Crippen LogP contribution < -0.4 is 10.1 Å². The molecule has 1 aliphatic rings. The number of nitrogens with one attached hydrogen (secondary N) is 1. The zero-order valence-corrected chi connectivity index (χ0v) is 11.0. The van der Waals surface area contributed by atoms with Crippen molar-refractivity contribution in [1.82, 2.24) is 20.1 Å². The molecule has 1 aromatic heterocycles. The highest BCUT2D eigenvalue weighted by molar-refractivity contribution is 5.75. The second-order valence-electron chi connectivity index (χ2n) is 4.76. The SMILES string of the molecule is O=C(CCn1cncn1)NC[C@H]1Cc2ccccc2O1. The number of hydrogen-bond donors (Lipinski definition) is 1. The number of hydrogen-bond acceptors (Lipinski definition) is 4. The van der Waals surface area contributed by atoms with Crippen LogP contribution in [0.15, 0.2) is 36.9 Å². The molecule has 1 amide bonds. The molecule has 1 atom stereocenters. The molecule has 3 rings (SSSR count). The van der Waals surface area contributed by atoms with E-state index in [-0.39, 0.29) is 12.0 Å². The van der Waals surface area contributed by atoms with Crippen LogP contribution in [0.5, 0.6) is 5.75 Å². The minimum Gasteiger partial charge on any atom is -0.488 e. The number of rotatable bonds is 5. The van der Waals surface area contributed by atoms with Crippen molar-refractivity contribution in [1.29, 1.82) is 0 Å². The molecule has 0 aliphatic carbocycles. The number of ether oxygens (including phenoxy) is 1. The molecule has 0 saturated heterocycles. The Hall–Kier alpha value is -2.37. The smallest absolute Gasteiger partial charge is 0.221 e. The van der Waals surface area contributed by atoms with Crippen molar-refractivity contribution in [2.75, 3.05) is 6.54 Å². The van der Waals surface area contributed by atoms with Gasteiger partial charge in [-0.3, -0.25) is 9.48 Å². The minimum absolute atomic E-state index is 0.0000520. The lowest BCUT2D eigenvalue weighted by Crippen LogP contribution is -2.34. The van der Waals surface area contributed by atoms with Gasteiger partial charge in [0.15, 0.2) is 0 Å². The molecule has 6 nitrogen and oxygen atoms in total. The first kappa shape index (κ1) is 12.7. The third-order valence-corrected chi connectivity index (χ3v) is 3.28. The second-order valence-corrected chi connectivity index (χ2v) is 4.76. The van der Waals surface area contributed by atoms with E-state index in [0.29, 0.717) is 19.5 Å². The molecule has 6 heteroatoms. The Morgan fingerprint density at radius 2 is 2.35 bits per heavy atom. The van der Waals surface area contributed by atoms with Gasteiger partial charge >= 0.3 is 0 Å². The van der Waals surface area contributed by atoms with E-state index in [0.717, 1.165) is 12.2 Å². The normalized spacial score (nSPS) is 16.5. The van der Waals surface area contributed by atoms with Gasteiger partial charge in [0.25, 0.3) is 0 Å². The number of carbonyl (C=O) groups is 1. The summed E-state index contributed by atoms with van der Waals surface area (Å²) in [6.45, 7) is 1.07. The van der Waals surface area contributed by atoms with Crippen molar-refractivity contribution in [2.24, 2.45) is 0 Å². The number of carbonyl (C=O) groups excluding carboxylic acids is 1. The summed E-state index contributed by atoms with van der Waals surface area (Å²) in [6.07, 6.45) is 4.33. The lowest BCUT2D eigenvalue weighted by atomic mass is 10.1. The highest BCUT2D eigenvalue weighted by atomic mass is 16.5. The molecule has 1 aromatic carbocycles. The topological polar surface area (TPSA) is 69.0 Å². The number of nitrogens with zero attached hydrogens (tertiary/aromatic N) is 3. The van der Waals surface area contributed by atoms with Gasteiger partial charge in [-0.15, -0.1) is 0 Å². The summed E-state index contributed by atoms with van der Waals surface area (Å²) in [5, 5.41) is 6.85. The zero-order valence-electron chi connectivity index (χ0n) is 11.0. The largest absolute Gasteiger partial charge is 0.488 e. The Kier molecular flexibility index (Phi) is 3.62. The van der Waals surface area contributed by atoms with Crippen LogP contribution in [0.1, 0.15) is 12.0 Å². The summed E-state index contributed by atoms with van der Waals surface area (Å²) in [7, 11) is 0. The first-order valence-corrected chi connectivity index (χ1v) is 6.65. The van der Waals surface area contributed by atoms with Gasteiger partial charge in [0.05, 0.1) is 13.1 Å². The number of benzene rings is 1. The van der Waals surface area contributed by atoms with Crippen LogP contribution in [0.25, 0.3) is 0 Å². The Balaban J connectivity index is 1.41. The van der Waals surface area contributed by atoms with Crippen LogP contribution >= 0.6 is 0 Å². The maximum atomic E-state index is 11.7. The fourth-order valence-electron chi connectivity index (χ4n) is 2.25. The standard InChI is InChI=1S/C14H16N4O2/c19-14(5-6-18-10-15-9-17-18)16-8-12-7-11-3-1-2-4-13(11)20-12/h1-4,9-10,12H,5-8H2,(H,16,19)/t12-/m1/s1. The summed E-state index contributed by atoms with van der Waals surface area (Å²) in [6, 6.07) is 7.98. The average molecular weight is 272 g/mol. The molecule has 0 spiro atoms. The van der Waals surface area contributed by atoms with Gasteiger partial charge in [0.1, 0.15) is 24.5 Å². The number of fused-ring (bicyclic) bond motifs is 1. The number of para-hydroxylation sites is 1. The predicted molar refractivity (Wildman–Crippen MR) is 72.2 cm³/mol. The first-order chi connectivity index (χ1) is 9.81. The molecule has 0 unspecified atom stereocenters. The molecule has 1 aliphatic heterocycles. The molecule has 1 N–H and O–H groups in total. The predicted octanol–water partition coefficient (Wildman–Crippen LogP) is 0.788. The summed E-state index contributed by atoms with van der Waals surface area (Å²) >= 11 is 0. The Bertz CT molecular complexity index is 558. The van der Waals surface area contributed by atoms with Crippen LogP contribution in [-0.2, 0) is 17.8 Å². The lowest BCUT2D eigenvalue weighted by molar-refractivity contribution is -0.121. The van der Waals surface area contributed by atoms with E-state index in [9.17, 15) is 4.79 Å². The van der Waals surface area contributed by atoms with Crippen molar-refractivity contribution in [3.05, 3.63) is 42.5 Å². The van der Waals surface area contributed by atoms with Crippen LogP contribution in [0, 0.1) is 0 Å². The highest BCUT2D eigenvalue weighted by Gasteiger charge is 2.22. The van der Waals surface area contributed by atoms with Crippen molar-refractivity contribution >= 4 is 5.91 Å². The van der Waals surface area contributed by atoms with Gasteiger partial charge in [0.2, 0.25) is 5.91 Å². The number of amides is 1. The molecule has 2 aromatic rings. The molecule has 0 bridgehead atoms. The Labute approximate surface area is 116 Å². The minimum atomic E-state index is 0.0000520. The molecular formula is C14H16N4O2. The Morgan fingerprint density at radius 1 is 1.45 bits per heavy atom. The van der Waals surface area contributed by atoms with Crippen LogP contribution in [0.3, 0.4) is 0 Å². The van der Waals surface area contributed by atoms with Gasteiger partial charge in [-0.25, -0.2) is 4.98 Å². The van der Waals surface area contributed by atoms with E-state index >= 15 is 0 Å². The molecular weight excluding hydrogens is 256 g/mol. The summed E-state index contributed by atoms with van der Waals surface area (Å²) in [5.41, 5.74) is 1.20. The number of aromatic nitrogens is 3. The van der Waals surface area contributed by atoms with Crippen LogP contribution in [0.2, 0.25) is 0 Å². The van der Waals surface area contributed by atoms with Crippen molar-refractivity contribution in [3.63, 3.8) is 0 Å². The Morgan fingerprint density at radius 3 is 3.15 bits per heavy atom. The van der Waals surface area contributed by atoms with Gasteiger partial charge in [0, 0.05) is 12.8 Å². The summed E-state index contributed by atoms with van der Waals surface area (Å²) in [5.74, 6) is 0.925. The third kappa shape index (κ3) is 2.96. The van der Waals surface area contributed by atoms with Crippen molar-refractivity contribution in [2.45, 2.75) is 25.5 Å². The first-order valence-electron chi connectivity index (χ1n) is 6.65. The quantitative estimate of drug-likeness (QED) is 0.873. The van der Waals surface area contributed by atoms with E-state index in [2.05, 4.69) is 21.5 Å². The van der Waals surface area contributed by atoms with Gasteiger partial charge in [-0.1, -0.05) is 18.2 Å². The maximum absolute atomic E-state index is 11.7. The van der Waals surface area contributed by atoms with Crippen molar-refractivity contribution in [3.8, 4) is 5.75 Å². The summed E-state index contributed by atoms with van der Waals surface area (Å²) < 4.78 is 7.41. The third-order valence-electron chi connectivity index (χ3n) is 3.28. The average Bonchev–Trinajstić information content (AvgIpc) is 3.11. The van der Waals surface area contributed by atoms with Crippen LogP contribution in [0.4, 0.5) is 0 Å². The molecule has 0 fully saturated rings. The van der Waals surface area contributed by atoms with E-state index in [1.54, 1.807) is 11.0 Å². The monoisotopic (exact) mass is 272 g/mol. The number of aryl methyl sites for hydroxylation is 1. The maximum Gasteiger partial charge on any atom is 0.221 e. The van der Waals surface area contributed by atoms with Gasteiger partial charge < -0.3 is 10.1 Å². The van der Waals surface area contributed by atoms with E-state index in [4.69, 9.17) is 4.74 Å². The molecule has 20 heavy (non-hydrogen) atoms.